The van der Waals surface area contributed by atoms with Gasteiger partial charge in [-0.05, 0) is 73.6 Å². The first-order chi connectivity index (χ1) is 19.3. The second-order valence-electron chi connectivity index (χ2n) is 10.7. The van der Waals surface area contributed by atoms with Crippen molar-refractivity contribution in [2.45, 2.75) is 71.8 Å². The van der Waals surface area contributed by atoms with Gasteiger partial charge in [-0.3, -0.25) is 4.79 Å². The highest BCUT2D eigenvalue weighted by Crippen LogP contribution is 2.35. The first-order valence-electron chi connectivity index (χ1n) is 14.4. The molecule has 0 amide bonds. The summed E-state index contributed by atoms with van der Waals surface area (Å²) in [7, 11) is 0. The van der Waals surface area contributed by atoms with Crippen molar-refractivity contribution < 1.29 is 14.6 Å². The molecule has 1 atom stereocenters. The number of carbonyl (C=O) groups is 1. The molecule has 6 heteroatoms. The van der Waals surface area contributed by atoms with Crippen LogP contribution in [0.2, 0.25) is 0 Å². The van der Waals surface area contributed by atoms with Gasteiger partial charge in [0.05, 0.1) is 11.8 Å². The molecule has 0 saturated carbocycles. The number of benzene rings is 2. The third kappa shape index (κ3) is 7.17. The number of hydrogen-bond donors (Lipinski definition) is 1. The molecule has 1 heterocycles. The van der Waals surface area contributed by atoms with E-state index in [1.165, 1.54) is 11.6 Å². The molecule has 40 heavy (non-hydrogen) atoms. The molecule has 210 valence electrons. The number of fused-ring (bicyclic) bond motifs is 2. The largest absolute Gasteiger partial charge is 0.508 e. The maximum Gasteiger partial charge on any atom is 0.318 e. The fraction of sp³-hybridized carbons (Fsp3) is 0.382. The quantitative estimate of drug-likeness (QED) is 0.180. The molecule has 0 unspecified atom stereocenters. The fourth-order valence-electron chi connectivity index (χ4n) is 5.14. The van der Waals surface area contributed by atoms with Crippen LogP contribution in [0.4, 0.5) is 5.82 Å². The number of phenolic OH excluding ortho intramolecular Hbond substituents is 1. The van der Waals surface area contributed by atoms with E-state index in [4.69, 9.17) is 14.7 Å². The van der Waals surface area contributed by atoms with Gasteiger partial charge < -0.3 is 14.7 Å². The predicted octanol–water partition coefficient (Wildman–Crippen LogP) is 7.39. The number of nitrogens with zero attached hydrogens (tertiary/aromatic N) is 3. The zero-order chi connectivity index (χ0) is 28.6. The van der Waals surface area contributed by atoms with E-state index in [1.807, 2.05) is 31.2 Å². The molecule has 0 fully saturated rings. The second-order valence-corrected chi connectivity index (χ2v) is 10.7. The van der Waals surface area contributed by atoms with Crippen LogP contribution in [0, 0.1) is 0 Å². The Labute approximate surface area is 238 Å². The number of hydrogen-bond acceptors (Lipinski definition) is 6. The summed E-state index contributed by atoms with van der Waals surface area (Å²) >= 11 is 0. The van der Waals surface area contributed by atoms with Gasteiger partial charge in [-0.1, -0.05) is 68.5 Å². The highest BCUT2D eigenvalue weighted by Gasteiger charge is 2.25. The summed E-state index contributed by atoms with van der Waals surface area (Å²) in [5, 5.41) is 12.5. The molecule has 4 rings (SSSR count). The molecule has 0 spiro atoms. The van der Waals surface area contributed by atoms with Crippen molar-refractivity contribution >= 4 is 28.4 Å². The molecule has 1 aromatic heterocycles. The predicted molar refractivity (Wildman–Crippen MR) is 164 cm³/mol. The van der Waals surface area contributed by atoms with Gasteiger partial charge in [-0.15, -0.1) is 0 Å². The zero-order valence-corrected chi connectivity index (χ0v) is 24.1. The number of allylic oxidation sites excluding steroid dienone is 2. The molecule has 1 aliphatic rings. The van der Waals surface area contributed by atoms with Gasteiger partial charge >= 0.3 is 6.01 Å². The number of ether oxygens (including phenoxy) is 1. The topological polar surface area (TPSA) is 75.6 Å². The number of aromatic hydroxyl groups is 1. The first kappa shape index (κ1) is 29.1. The third-order valence-electron chi connectivity index (χ3n) is 7.44. The van der Waals surface area contributed by atoms with Crippen molar-refractivity contribution in [3.63, 3.8) is 0 Å². The van der Waals surface area contributed by atoms with Gasteiger partial charge in [0.25, 0.3) is 0 Å². The Morgan fingerprint density at radius 2 is 1.98 bits per heavy atom. The molecular weight excluding hydrogens is 498 g/mol. The molecule has 0 aliphatic heterocycles. The van der Waals surface area contributed by atoms with Crippen LogP contribution in [-0.4, -0.2) is 40.1 Å². The summed E-state index contributed by atoms with van der Waals surface area (Å²) in [6, 6.07) is 12.2. The van der Waals surface area contributed by atoms with Crippen molar-refractivity contribution in [2.24, 2.45) is 0 Å². The summed E-state index contributed by atoms with van der Waals surface area (Å²) < 4.78 is 6.14. The first-order valence-corrected chi connectivity index (χ1v) is 14.4. The lowest BCUT2D eigenvalue weighted by Crippen LogP contribution is -2.30. The lowest BCUT2D eigenvalue weighted by molar-refractivity contribution is -0.114. The fourth-order valence-corrected chi connectivity index (χ4v) is 5.14. The molecule has 2 aromatic carbocycles. The van der Waals surface area contributed by atoms with Gasteiger partial charge in [0.1, 0.15) is 11.6 Å². The van der Waals surface area contributed by atoms with Crippen LogP contribution < -0.4 is 9.64 Å². The minimum Gasteiger partial charge on any atom is -0.508 e. The number of carbonyl (C=O) groups excluding carboxylic acids is 1. The van der Waals surface area contributed by atoms with Crippen LogP contribution in [0.15, 0.2) is 66.8 Å². The maximum absolute atomic E-state index is 11.8. The van der Waals surface area contributed by atoms with Crippen molar-refractivity contribution in [2.75, 3.05) is 18.0 Å². The van der Waals surface area contributed by atoms with Gasteiger partial charge in [-0.25, -0.2) is 0 Å². The number of ketones is 1. The van der Waals surface area contributed by atoms with E-state index in [1.54, 1.807) is 6.07 Å². The van der Waals surface area contributed by atoms with E-state index in [2.05, 4.69) is 44.0 Å². The van der Waals surface area contributed by atoms with Gasteiger partial charge in [0.2, 0.25) is 0 Å². The van der Waals surface area contributed by atoms with Crippen LogP contribution in [0.25, 0.3) is 16.8 Å². The van der Waals surface area contributed by atoms with Gasteiger partial charge in [0, 0.05) is 31.5 Å². The lowest BCUT2D eigenvalue weighted by atomic mass is 9.89. The molecule has 0 saturated heterocycles. The monoisotopic (exact) mass is 539 g/mol. The smallest absolute Gasteiger partial charge is 0.318 e. The Balaban J connectivity index is 1.68. The van der Waals surface area contributed by atoms with Crippen molar-refractivity contribution in [1.82, 2.24) is 9.97 Å². The van der Waals surface area contributed by atoms with Crippen molar-refractivity contribution in [3.8, 4) is 11.8 Å². The van der Waals surface area contributed by atoms with Crippen LogP contribution in [0.5, 0.6) is 11.8 Å². The summed E-state index contributed by atoms with van der Waals surface area (Å²) in [5.74, 6) is 1.19. The second kappa shape index (κ2) is 13.4. The minimum atomic E-state index is -0.00507. The summed E-state index contributed by atoms with van der Waals surface area (Å²) in [6.45, 7) is 15.5. The summed E-state index contributed by atoms with van der Waals surface area (Å²) in [5.41, 5.74) is 5.33. The van der Waals surface area contributed by atoms with Crippen LogP contribution >= 0.6 is 0 Å². The number of aromatic nitrogens is 2. The number of anilines is 1. The van der Waals surface area contributed by atoms with Gasteiger partial charge in [-0.2, -0.15) is 9.97 Å². The van der Waals surface area contributed by atoms with E-state index in [-0.39, 0.29) is 17.6 Å². The minimum absolute atomic E-state index is 0.00507. The van der Waals surface area contributed by atoms with Crippen molar-refractivity contribution in [3.05, 3.63) is 83.6 Å². The van der Waals surface area contributed by atoms with E-state index >= 15 is 0 Å². The van der Waals surface area contributed by atoms with Crippen LogP contribution in [0.1, 0.15) is 69.7 Å². The number of rotatable bonds is 13. The molecule has 0 radical (unpaired) electrons. The molecule has 6 nitrogen and oxygen atoms in total. The highest BCUT2D eigenvalue weighted by molar-refractivity contribution is 5.92. The van der Waals surface area contributed by atoms with E-state index < -0.39 is 0 Å². The van der Waals surface area contributed by atoms with Crippen LogP contribution in [-0.2, 0) is 17.6 Å². The SMILES string of the molecule is C=CC(=O)CC(=C)CCN(CCC)c1nc(O[C@H](C)CC)nc2c1CC/C(=C\c1cc(O)cc3ccccc13)C2. The molecule has 0 bridgehead atoms. The molecule has 3 aromatic rings. The lowest BCUT2D eigenvalue weighted by Gasteiger charge is -2.29. The molecular formula is C34H41N3O3. The average molecular weight is 540 g/mol. The van der Waals surface area contributed by atoms with E-state index in [0.717, 1.165) is 77.8 Å². The average Bonchev–Trinajstić information content (AvgIpc) is 2.94. The van der Waals surface area contributed by atoms with E-state index in [9.17, 15) is 9.90 Å². The summed E-state index contributed by atoms with van der Waals surface area (Å²) in [6.07, 6.45) is 8.84. The molecule has 1 N–H and O–H groups in total. The Kier molecular flexibility index (Phi) is 9.75. The normalized spacial score (nSPS) is 14.5. The third-order valence-corrected chi connectivity index (χ3v) is 7.44. The molecule has 1 aliphatic carbocycles. The zero-order valence-electron chi connectivity index (χ0n) is 24.1. The van der Waals surface area contributed by atoms with Crippen LogP contribution in [0.3, 0.4) is 0 Å². The van der Waals surface area contributed by atoms with E-state index in [0.29, 0.717) is 25.3 Å². The van der Waals surface area contributed by atoms with Gasteiger partial charge in [0.15, 0.2) is 5.78 Å². The highest BCUT2D eigenvalue weighted by atomic mass is 16.5. The standard InChI is InChI=1S/C34H41N3O3/c1-6-16-37(17-15-23(4)18-28(38)8-3)33-31-14-13-25(20-32(31)35-34(36-33)40-24(5)7-2)19-27-22-29(39)21-26-11-9-10-12-30(26)27/h8-12,19,21-22,24,39H,3-4,6-7,13-18,20H2,1-2,5H3/b25-19+/t24-/m1/s1. The number of phenols is 1. The van der Waals surface area contributed by atoms with Crippen molar-refractivity contribution in [1.29, 1.82) is 0 Å². The Morgan fingerprint density at radius 1 is 1.18 bits per heavy atom. The summed E-state index contributed by atoms with van der Waals surface area (Å²) in [4.78, 5) is 24.0. The Hall–Kier alpha value is -3.93. The maximum atomic E-state index is 11.8. The Morgan fingerprint density at radius 3 is 2.73 bits per heavy atom. The Bertz CT molecular complexity index is 1430.